The number of imidazole rings is 1. The normalized spacial score (nSPS) is 13.9. The number of nitrogens with one attached hydrogen (secondary N) is 1. The van der Waals surface area contributed by atoms with E-state index in [1.807, 2.05) is 30.6 Å². The molecule has 0 amide bonds. The summed E-state index contributed by atoms with van der Waals surface area (Å²) in [6.45, 7) is 2.54. The first-order valence-electron chi connectivity index (χ1n) is 6.43. The molecule has 20 heavy (non-hydrogen) atoms. The van der Waals surface area contributed by atoms with Crippen LogP contribution < -0.4 is 5.32 Å². The average molecular weight is 293 g/mol. The van der Waals surface area contributed by atoms with Crippen molar-refractivity contribution in [3.63, 3.8) is 0 Å². The lowest BCUT2D eigenvalue weighted by molar-refractivity contribution is -0.148. The second-order valence-electron chi connectivity index (χ2n) is 4.75. The number of thiophene rings is 1. The average Bonchev–Trinajstić information content (AvgIpc) is 3.13. The van der Waals surface area contributed by atoms with E-state index in [1.54, 1.807) is 24.6 Å². The Morgan fingerprint density at radius 2 is 2.40 bits per heavy atom. The minimum Gasteiger partial charge on any atom is -0.468 e. The van der Waals surface area contributed by atoms with Crippen molar-refractivity contribution in [1.29, 1.82) is 0 Å². The molecule has 0 bridgehead atoms. The Hall–Kier alpha value is -1.66. The molecule has 6 heteroatoms. The molecule has 0 fully saturated rings. The van der Waals surface area contributed by atoms with Crippen molar-refractivity contribution < 1.29 is 9.53 Å². The van der Waals surface area contributed by atoms with Gasteiger partial charge in [-0.15, -0.1) is 11.3 Å². The summed E-state index contributed by atoms with van der Waals surface area (Å²) in [4.78, 5) is 17.3. The Bertz CT molecular complexity index is 565. The van der Waals surface area contributed by atoms with Crippen LogP contribution in [0.1, 0.15) is 13.3 Å². The number of methoxy groups -OCH3 is 1. The summed E-state index contributed by atoms with van der Waals surface area (Å²) in [5, 5.41) is 5.07. The third-order valence-corrected chi connectivity index (χ3v) is 4.36. The highest BCUT2D eigenvalue weighted by molar-refractivity contribution is 7.13. The summed E-state index contributed by atoms with van der Waals surface area (Å²) in [5.74, 6) is 0.682. The Balaban J connectivity index is 2.12. The van der Waals surface area contributed by atoms with Gasteiger partial charge < -0.3 is 14.6 Å². The minimum atomic E-state index is -0.689. The molecule has 5 nitrogen and oxygen atoms in total. The number of hydrogen-bond donors (Lipinski definition) is 1. The highest BCUT2D eigenvalue weighted by Crippen LogP contribution is 2.24. The molecule has 0 aliphatic heterocycles. The second-order valence-corrected chi connectivity index (χ2v) is 5.69. The standard InChI is InChI=1S/C14H19N3O2S/c1-14(15-2,13(18)19-3)6-8-17-9-7-16-12(17)11-5-4-10-20-11/h4-5,7,9-10,15H,6,8H2,1-3H3. The predicted octanol–water partition coefficient (Wildman–Crippen LogP) is 2.15. The number of aromatic nitrogens is 2. The van der Waals surface area contributed by atoms with Gasteiger partial charge in [0.15, 0.2) is 0 Å². The van der Waals surface area contributed by atoms with E-state index in [4.69, 9.17) is 4.74 Å². The van der Waals surface area contributed by atoms with Crippen molar-refractivity contribution in [1.82, 2.24) is 14.9 Å². The van der Waals surface area contributed by atoms with Crippen LogP contribution in [0.25, 0.3) is 10.7 Å². The van der Waals surface area contributed by atoms with Crippen LogP contribution in [0.4, 0.5) is 0 Å². The van der Waals surface area contributed by atoms with E-state index in [0.29, 0.717) is 13.0 Å². The van der Waals surface area contributed by atoms with E-state index < -0.39 is 5.54 Å². The van der Waals surface area contributed by atoms with Crippen LogP contribution in [-0.2, 0) is 16.1 Å². The van der Waals surface area contributed by atoms with Gasteiger partial charge in [-0.3, -0.25) is 4.79 Å². The molecule has 1 N–H and O–H groups in total. The molecule has 2 heterocycles. The highest BCUT2D eigenvalue weighted by Gasteiger charge is 2.32. The van der Waals surface area contributed by atoms with Gasteiger partial charge in [-0.1, -0.05) is 6.07 Å². The SMILES string of the molecule is CNC(C)(CCn1ccnc1-c1cccs1)C(=O)OC. The summed E-state index contributed by atoms with van der Waals surface area (Å²) < 4.78 is 6.91. The van der Waals surface area contributed by atoms with E-state index in [0.717, 1.165) is 10.7 Å². The lowest BCUT2D eigenvalue weighted by atomic mass is 9.98. The predicted molar refractivity (Wildman–Crippen MR) is 79.6 cm³/mol. The molecule has 1 atom stereocenters. The molecule has 0 aromatic carbocycles. The number of nitrogens with zero attached hydrogens (tertiary/aromatic N) is 2. The summed E-state index contributed by atoms with van der Waals surface area (Å²) in [5.41, 5.74) is -0.689. The van der Waals surface area contributed by atoms with Gasteiger partial charge in [-0.25, -0.2) is 4.98 Å². The lowest BCUT2D eigenvalue weighted by Crippen LogP contribution is -2.48. The van der Waals surface area contributed by atoms with Gasteiger partial charge in [-0.05, 0) is 31.8 Å². The van der Waals surface area contributed by atoms with Gasteiger partial charge in [0.25, 0.3) is 0 Å². The van der Waals surface area contributed by atoms with Crippen molar-refractivity contribution in [2.24, 2.45) is 0 Å². The number of carbonyl (C=O) groups is 1. The molecule has 0 radical (unpaired) electrons. The number of aryl methyl sites for hydroxylation is 1. The smallest absolute Gasteiger partial charge is 0.325 e. The first kappa shape index (κ1) is 14.7. The summed E-state index contributed by atoms with van der Waals surface area (Å²) in [6.07, 6.45) is 4.34. The molecule has 0 aliphatic rings. The number of hydrogen-bond acceptors (Lipinski definition) is 5. The van der Waals surface area contributed by atoms with Crippen molar-refractivity contribution in [3.8, 4) is 10.7 Å². The monoisotopic (exact) mass is 293 g/mol. The van der Waals surface area contributed by atoms with Crippen LogP contribution in [0.2, 0.25) is 0 Å². The zero-order chi connectivity index (χ0) is 14.6. The number of esters is 1. The fraction of sp³-hybridized carbons (Fsp3) is 0.429. The number of rotatable bonds is 6. The van der Waals surface area contributed by atoms with Crippen LogP contribution in [0.15, 0.2) is 29.9 Å². The van der Waals surface area contributed by atoms with E-state index in [9.17, 15) is 4.79 Å². The fourth-order valence-corrected chi connectivity index (χ4v) is 2.76. The van der Waals surface area contributed by atoms with E-state index >= 15 is 0 Å². The molecule has 0 saturated carbocycles. The number of carbonyl (C=O) groups excluding carboxylic acids is 1. The second kappa shape index (κ2) is 6.19. The van der Waals surface area contributed by atoms with Gasteiger partial charge >= 0.3 is 5.97 Å². The Kier molecular flexibility index (Phi) is 4.57. The van der Waals surface area contributed by atoms with Crippen LogP contribution in [0.3, 0.4) is 0 Å². The van der Waals surface area contributed by atoms with Crippen LogP contribution in [0.5, 0.6) is 0 Å². The maximum Gasteiger partial charge on any atom is 0.325 e. The van der Waals surface area contributed by atoms with E-state index in [2.05, 4.69) is 14.9 Å². The van der Waals surface area contributed by atoms with Gasteiger partial charge in [0.1, 0.15) is 11.4 Å². The Morgan fingerprint density at radius 1 is 1.60 bits per heavy atom. The van der Waals surface area contributed by atoms with Gasteiger partial charge in [0.2, 0.25) is 0 Å². The van der Waals surface area contributed by atoms with Crippen molar-refractivity contribution in [2.75, 3.05) is 14.2 Å². The topological polar surface area (TPSA) is 56.2 Å². The lowest BCUT2D eigenvalue weighted by Gasteiger charge is -2.26. The first-order valence-corrected chi connectivity index (χ1v) is 7.31. The summed E-state index contributed by atoms with van der Waals surface area (Å²) in [6, 6.07) is 4.05. The van der Waals surface area contributed by atoms with Crippen molar-refractivity contribution in [2.45, 2.75) is 25.4 Å². The van der Waals surface area contributed by atoms with Crippen LogP contribution in [0, 0.1) is 0 Å². The highest BCUT2D eigenvalue weighted by atomic mass is 32.1. The molecular formula is C14H19N3O2S. The van der Waals surface area contributed by atoms with Crippen LogP contribution in [-0.4, -0.2) is 35.2 Å². The minimum absolute atomic E-state index is 0.252. The Labute approximate surface area is 122 Å². The Morgan fingerprint density at radius 3 is 3.00 bits per heavy atom. The summed E-state index contributed by atoms with van der Waals surface area (Å²) >= 11 is 1.65. The molecule has 2 rings (SSSR count). The zero-order valence-corrected chi connectivity index (χ0v) is 12.7. The van der Waals surface area contributed by atoms with Gasteiger partial charge in [0, 0.05) is 18.9 Å². The maximum atomic E-state index is 11.8. The largest absolute Gasteiger partial charge is 0.468 e. The molecule has 1 unspecified atom stereocenters. The molecule has 108 valence electrons. The van der Waals surface area contributed by atoms with Crippen molar-refractivity contribution >= 4 is 17.3 Å². The quantitative estimate of drug-likeness (QED) is 0.829. The molecule has 0 saturated heterocycles. The van der Waals surface area contributed by atoms with E-state index in [1.165, 1.54) is 7.11 Å². The molecule has 2 aromatic heterocycles. The third kappa shape index (κ3) is 2.91. The number of likely N-dealkylation sites (N-methyl/N-ethyl adjacent to an activating group) is 1. The third-order valence-electron chi connectivity index (χ3n) is 3.50. The first-order chi connectivity index (χ1) is 9.60. The number of ether oxygens (including phenoxy) is 1. The van der Waals surface area contributed by atoms with Gasteiger partial charge in [-0.2, -0.15) is 0 Å². The molecule has 0 spiro atoms. The summed E-state index contributed by atoms with van der Waals surface area (Å²) in [7, 11) is 3.18. The molecule has 0 aliphatic carbocycles. The van der Waals surface area contributed by atoms with Gasteiger partial charge in [0.05, 0.1) is 12.0 Å². The zero-order valence-electron chi connectivity index (χ0n) is 11.9. The van der Waals surface area contributed by atoms with E-state index in [-0.39, 0.29) is 5.97 Å². The van der Waals surface area contributed by atoms with Crippen LogP contribution >= 0.6 is 11.3 Å². The molecule has 2 aromatic rings. The van der Waals surface area contributed by atoms with Crippen molar-refractivity contribution in [3.05, 3.63) is 29.9 Å². The molecular weight excluding hydrogens is 274 g/mol. The maximum absolute atomic E-state index is 11.8. The fourth-order valence-electron chi connectivity index (χ4n) is 2.02.